The van der Waals surface area contributed by atoms with Crippen molar-refractivity contribution in [2.45, 2.75) is 6.92 Å². The van der Waals surface area contributed by atoms with E-state index >= 15 is 0 Å². The minimum absolute atomic E-state index is 0.0551. The molecule has 3 rings (SSSR count). The third kappa shape index (κ3) is 2.56. The molecule has 0 unspecified atom stereocenters. The Labute approximate surface area is 128 Å². The van der Waals surface area contributed by atoms with Crippen molar-refractivity contribution in [1.29, 1.82) is 0 Å². The van der Waals surface area contributed by atoms with E-state index in [9.17, 15) is 0 Å². The number of benzene rings is 2. The zero-order valence-electron chi connectivity index (χ0n) is 12.2. The molecule has 5 nitrogen and oxygen atoms in total. The van der Waals surface area contributed by atoms with Gasteiger partial charge in [0.05, 0.1) is 11.4 Å². The molecule has 1 heterocycles. The van der Waals surface area contributed by atoms with Gasteiger partial charge in [-0.1, -0.05) is 48.5 Å². The van der Waals surface area contributed by atoms with Crippen LogP contribution in [0.5, 0.6) is 0 Å². The molecular formula is C17H17N5. The van der Waals surface area contributed by atoms with Gasteiger partial charge in [0.1, 0.15) is 0 Å². The maximum Gasteiger partial charge on any atom is 0.211 e. The fraction of sp³-hybridized carbons (Fsp3) is 0.0588. The molecule has 5 N–H and O–H groups in total. The topological polar surface area (TPSA) is 92.5 Å². The van der Waals surface area contributed by atoms with Gasteiger partial charge in [0.15, 0.2) is 0 Å². The van der Waals surface area contributed by atoms with Crippen LogP contribution in [0.3, 0.4) is 0 Å². The molecule has 3 aromatic rings. The molecule has 22 heavy (non-hydrogen) atoms. The number of rotatable bonds is 3. The second-order valence-corrected chi connectivity index (χ2v) is 5.00. The van der Waals surface area contributed by atoms with Crippen LogP contribution in [0.1, 0.15) is 12.5 Å². The number of aromatic amines is 1. The predicted octanol–water partition coefficient (Wildman–Crippen LogP) is 2.83. The van der Waals surface area contributed by atoms with Gasteiger partial charge in [0, 0.05) is 16.5 Å². The van der Waals surface area contributed by atoms with Crippen molar-refractivity contribution in [1.82, 2.24) is 4.98 Å². The summed E-state index contributed by atoms with van der Waals surface area (Å²) in [4.78, 5) is 3.46. The van der Waals surface area contributed by atoms with Crippen molar-refractivity contribution in [3.8, 4) is 11.3 Å². The van der Waals surface area contributed by atoms with Crippen molar-refractivity contribution in [3.05, 3.63) is 60.2 Å². The molecule has 0 spiro atoms. The number of fused-ring (bicyclic) bond motifs is 1. The number of nitrogens with two attached hydrogens (primary N) is 2. The molecule has 0 saturated carbocycles. The molecule has 5 heteroatoms. The lowest BCUT2D eigenvalue weighted by atomic mass is 10.0. The molecule has 0 radical (unpaired) electrons. The first-order valence-corrected chi connectivity index (χ1v) is 6.96. The lowest BCUT2D eigenvalue weighted by Gasteiger charge is -2.04. The number of H-pyrrole nitrogens is 1. The molecule has 0 fully saturated rings. The van der Waals surface area contributed by atoms with Crippen LogP contribution in [-0.4, -0.2) is 16.7 Å². The smallest absolute Gasteiger partial charge is 0.211 e. The van der Waals surface area contributed by atoms with E-state index in [1.165, 1.54) is 0 Å². The molecule has 0 amide bonds. The van der Waals surface area contributed by atoms with E-state index in [-0.39, 0.29) is 5.96 Å². The number of guanidine groups is 1. The van der Waals surface area contributed by atoms with Gasteiger partial charge >= 0.3 is 0 Å². The summed E-state index contributed by atoms with van der Waals surface area (Å²) in [5.41, 5.74) is 15.6. The van der Waals surface area contributed by atoms with Crippen LogP contribution in [0.4, 0.5) is 0 Å². The number of para-hydroxylation sites is 1. The average molecular weight is 291 g/mol. The van der Waals surface area contributed by atoms with Crippen LogP contribution < -0.4 is 11.5 Å². The lowest BCUT2D eigenvalue weighted by molar-refractivity contribution is 1.20. The standard InChI is InChI=1S/C17H17N5/c1-11(21-22-17(18)19)15-13-9-5-6-10-14(13)20-16(15)12-7-3-2-4-8-12/h2-10,20H,1H3,(H4,18,19,22)/b21-11-. The molecule has 0 aliphatic rings. The van der Waals surface area contributed by atoms with Gasteiger partial charge in [-0.3, -0.25) is 0 Å². The zero-order valence-corrected chi connectivity index (χ0v) is 12.2. The van der Waals surface area contributed by atoms with Crippen LogP contribution >= 0.6 is 0 Å². The summed E-state index contributed by atoms with van der Waals surface area (Å²) in [5.74, 6) is -0.0551. The third-order valence-electron chi connectivity index (χ3n) is 3.45. The summed E-state index contributed by atoms with van der Waals surface area (Å²) in [6.45, 7) is 1.90. The molecule has 2 aromatic carbocycles. The maximum absolute atomic E-state index is 5.37. The first-order valence-electron chi connectivity index (χ1n) is 6.96. The second kappa shape index (κ2) is 5.73. The Morgan fingerprint density at radius 3 is 2.32 bits per heavy atom. The number of aromatic nitrogens is 1. The van der Waals surface area contributed by atoms with Gasteiger partial charge in [0.25, 0.3) is 0 Å². The molecule has 1 aromatic heterocycles. The second-order valence-electron chi connectivity index (χ2n) is 5.00. The normalized spacial score (nSPS) is 11.6. The van der Waals surface area contributed by atoms with E-state index in [0.29, 0.717) is 0 Å². The van der Waals surface area contributed by atoms with Crippen LogP contribution in [0.15, 0.2) is 64.8 Å². The predicted molar refractivity (Wildman–Crippen MR) is 91.8 cm³/mol. The molecular weight excluding hydrogens is 274 g/mol. The Balaban J connectivity index is 2.26. The Kier molecular flexibility index (Phi) is 3.62. The van der Waals surface area contributed by atoms with Crippen molar-refractivity contribution < 1.29 is 0 Å². The monoisotopic (exact) mass is 291 g/mol. The average Bonchev–Trinajstić information content (AvgIpc) is 2.93. The van der Waals surface area contributed by atoms with E-state index in [4.69, 9.17) is 11.5 Å². The Bertz CT molecular complexity index is 855. The fourth-order valence-corrected chi connectivity index (χ4v) is 2.52. The highest BCUT2D eigenvalue weighted by molar-refractivity contribution is 6.14. The summed E-state index contributed by atoms with van der Waals surface area (Å²) < 4.78 is 0. The van der Waals surface area contributed by atoms with Gasteiger partial charge in [-0.25, -0.2) is 0 Å². The SMILES string of the molecule is C/C(=N/N=C(N)N)c1c(-c2ccccc2)[nH]c2ccccc12. The summed E-state index contributed by atoms with van der Waals surface area (Å²) >= 11 is 0. The first kappa shape index (κ1) is 13.9. The zero-order chi connectivity index (χ0) is 15.5. The summed E-state index contributed by atoms with van der Waals surface area (Å²) in [7, 11) is 0. The van der Waals surface area contributed by atoms with Gasteiger partial charge in [-0.2, -0.15) is 5.10 Å². The minimum atomic E-state index is -0.0551. The highest BCUT2D eigenvalue weighted by atomic mass is 15.3. The summed E-state index contributed by atoms with van der Waals surface area (Å²) in [6.07, 6.45) is 0. The minimum Gasteiger partial charge on any atom is -0.369 e. The quantitative estimate of drug-likeness (QED) is 0.393. The molecule has 110 valence electrons. The van der Waals surface area contributed by atoms with E-state index in [0.717, 1.165) is 33.4 Å². The van der Waals surface area contributed by atoms with Crippen molar-refractivity contribution >= 4 is 22.6 Å². The van der Waals surface area contributed by atoms with E-state index in [2.05, 4.69) is 33.4 Å². The molecule has 0 aliphatic heterocycles. The maximum atomic E-state index is 5.37. The number of hydrogen-bond donors (Lipinski definition) is 3. The van der Waals surface area contributed by atoms with Gasteiger partial charge < -0.3 is 16.5 Å². The van der Waals surface area contributed by atoms with Crippen molar-refractivity contribution in [2.75, 3.05) is 0 Å². The van der Waals surface area contributed by atoms with Gasteiger partial charge in [-0.05, 0) is 18.6 Å². The van der Waals surface area contributed by atoms with Crippen LogP contribution in [0.2, 0.25) is 0 Å². The fourth-order valence-electron chi connectivity index (χ4n) is 2.52. The van der Waals surface area contributed by atoms with Gasteiger partial charge in [0.2, 0.25) is 5.96 Å². The summed E-state index contributed by atoms with van der Waals surface area (Å²) in [5, 5.41) is 9.00. The van der Waals surface area contributed by atoms with Gasteiger partial charge in [-0.15, -0.1) is 5.10 Å². The number of nitrogens with zero attached hydrogens (tertiary/aromatic N) is 2. The third-order valence-corrected chi connectivity index (χ3v) is 3.45. The highest BCUT2D eigenvalue weighted by Gasteiger charge is 2.15. The van der Waals surface area contributed by atoms with E-state index in [1.807, 2.05) is 43.3 Å². The Morgan fingerprint density at radius 2 is 1.59 bits per heavy atom. The molecule has 0 atom stereocenters. The molecule has 0 bridgehead atoms. The highest BCUT2D eigenvalue weighted by Crippen LogP contribution is 2.30. The van der Waals surface area contributed by atoms with Crippen LogP contribution in [-0.2, 0) is 0 Å². The Hall–Kier alpha value is -3.08. The van der Waals surface area contributed by atoms with Crippen LogP contribution in [0, 0.1) is 0 Å². The van der Waals surface area contributed by atoms with Crippen LogP contribution in [0.25, 0.3) is 22.2 Å². The van der Waals surface area contributed by atoms with E-state index < -0.39 is 0 Å². The number of nitrogens with one attached hydrogen (secondary N) is 1. The van der Waals surface area contributed by atoms with Crippen molar-refractivity contribution in [2.24, 2.45) is 21.7 Å². The van der Waals surface area contributed by atoms with Crippen molar-refractivity contribution in [3.63, 3.8) is 0 Å². The molecule has 0 saturated heterocycles. The number of hydrogen-bond acceptors (Lipinski definition) is 2. The lowest BCUT2D eigenvalue weighted by Crippen LogP contribution is -2.22. The first-order chi connectivity index (χ1) is 10.7. The largest absolute Gasteiger partial charge is 0.369 e. The van der Waals surface area contributed by atoms with E-state index in [1.54, 1.807) is 0 Å². The Morgan fingerprint density at radius 1 is 0.909 bits per heavy atom. The summed E-state index contributed by atoms with van der Waals surface area (Å²) in [6, 6.07) is 18.2. The molecule has 0 aliphatic carbocycles.